The third-order valence-electron chi connectivity index (χ3n) is 5.95. The van der Waals surface area contributed by atoms with Crippen molar-refractivity contribution in [3.8, 4) is 23.0 Å². The molecule has 2 aromatic rings. The van der Waals surface area contributed by atoms with Crippen molar-refractivity contribution in [3.63, 3.8) is 0 Å². The average molecular weight is 462 g/mol. The maximum Gasteiger partial charge on any atom is 0.229 e. The summed E-state index contributed by atoms with van der Waals surface area (Å²) >= 11 is 0. The lowest BCUT2D eigenvalue weighted by atomic mass is 9.93. The third kappa shape index (κ3) is 4.23. The molecule has 10 nitrogen and oxygen atoms in total. The van der Waals surface area contributed by atoms with Gasteiger partial charge in [0.05, 0.1) is 13.0 Å². The first-order valence-corrected chi connectivity index (χ1v) is 10.4. The van der Waals surface area contributed by atoms with Crippen LogP contribution in [0.1, 0.15) is 39.6 Å². The number of ether oxygens (including phenoxy) is 3. The van der Waals surface area contributed by atoms with Crippen molar-refractivity contribution >= 4 is 5.78 Å². The van der Waals surface area contributed by atoms with Crippen molar-refractivity contribution in [2.75, 3.05) is 6.61 Å². The average Bonchev–Trinajstić information content (AvgIpc) is 2.76. The summed E-state index contributed by atoms with van der Waals surface area (Å²) in [5.41, 5.74) is 1.97. The Balaban J connectivity index is 1.65. The zero-order chi connectivity index (χ0) is 24.0. The summed E-state index contributed by atoms with van der Waals surface area (Å²) < 4.78 is 16.9. The van der Waals surface area contributed by atoms with E-state index in [-0.39, 0.29) is 40.8 Å². The molecule has 0 unspecified atom stereocenters. The van der Waals surface area contributed by atoms with E-state index in [1.807, 2.05) is 0 Å². The summed E-state index contributed by atoms with van der Waals surface area (Å²) in [6.07, 6.45) is -8.34. The normalized spacial score (nSPS) is 29.3. The molecule has 0 aliphatic carbocycles. The number of fused-ring (bicyclic) bond motifs is 1. The maximum absolute atomic E-state index is 13.1. The van der Waals surface area contributed by atoms with Crippen LogP contribution in [0.4, 0.5) is 0 Å². The number of aromatic hydroxyl groups is 2. The van der Waals surface area contributed by atoms with Crippen LogP contribution in [0.15, 0.2) is 24.3 Å². The van der Waals surface area contributed by atoms with Gasteiger partial charge in [0.1, 0.15) is 59.1 Å². The van der Waals surface area contributed by atoms with Crippen LogP contribution < -0.4 is 9.47 Å². The van der Waals surface area contributed by atoms with Crippen LogP contribution in [-0.2, 0) is 4.74 Å². The van der Waals surface area contributed by atoms with Gasteiger partial charge in [-0.1, -0.05) is 0 Å². The number of phenolic OH excluding ortho intramolecular Hbond substituents is 2. The number of benzene rings is 2. The van der Waals surface area contributed by atoms with Gasteiger partial charge in [0.15, 0.2) is 5.78 Å². The Kier molecular flexibility index (Phi) is 6.21. The van der Waals surface area contributed by atoms with E-state index in [1.165, 1.54) is 6.07 Å². The predicted octanol–water partition coefficient (Wildman–Crippen LogP) is 0.600. The first-order valence-electron chi connectivity index (χ1n) is 10.4. The SMILES string of the molecule is Cc1cc([C@@H]2CC(=O)c3c(O[C@@H]4O[C@H](CO)[C@@H](O)[C@H](O)[C@H]4O)cc(O)cc3O2)cc(C)c1O. The monoisotopic (exact) mass is 462 g/mol. The van der Waals surface area contributed by atoms with Crippen LogP contribution >= 0.6 is 0 Å². The highest BCUT2D eigenvalue weighted by molar-refractivity contribution is 6.02. The van der Waals surface area contributed by atoms with E-state index in [9.17, 15) is 35.4 Å². The number of carbonyl (C=O) groups is 1. The molecule has 6 N–H and O–H groups in total. The highest BCUT2D eigenvalue weighted by Gasteiger charge is 2.45. The lowest BCUT2D eigenvalue weighted by Gasteiger charge is -2.40. The van der Waals surface area contributed by atoms with E-state index in [1.54, 1.807) is 26.0 Å². The maximum atomic E-state index is 13.1. The molecule has 2 aliphatic rings. The first kappa shape index (κ1) is 23.3. The number of aryl methyl sites for hydroxylation is 2. The van der Waals surface area contributed by atoms with Gasteiger partial charge < -0.3 is 44.8 Å². The lowest BCUT2D eigenvalue weighted by molar-refractivity contribution is -0.277. The molecule has 10 heteroatoms. The summed E-state index contributed by atoms with van der Waals surface area (Å²) in [4.78, 5) is 13.1. The molecule has 6 atom stereocenters. The molecular weight excluding hydrogens is 436 g/mol. The molecule has 4 rings (SSSR count). The minimum Gasteiger partial charge on any atom is -0.508 e. The van der Waals surface area contributed by atoms with E-state index >= 15 is 0 Å². The summed E-state index contributed by atoms with van der Waals surface area (Å²) in [7, 11) is 0. The van der Waals surface area contributed by atoms with Gasteiger partial charge in [0.25, 0.3) is 0 Å². The molecule has 1 fully saturated rings. The molecule has 0 bridgehead atoms. The molecule has 0 radical (unpaired) electrons. The standard InChI is InChI=1S/C23H26O10/c1-9-3-11(4-10(2)19(9)27)14-7-13(26)18-15(31-14)5-12(25)6-16(18)32-23-22(30)21(29)20(28)17(8-24)33-23/h3-6,14,17,20-25,27-30H,7-8H2,1-2H3/t14-,17+,20+,21-,22+,23+/m0/s1. The largest absolute Gasteiger partial charge is 0.508 e. The van der Waals surface area contributed by atoms with Crippen molar-refractivity contribution in [1.82, 2.24) is 0 Å². The lowest BCUT2D eigenvalue weighted by Crippen LogP contribution is -2.60. The van der Waals surface area contributed by atoms with Gasteiger partial charge in [-0.15, -0.1) is 0 Å². The van der Waals surface area contributed by atoms with E-state index < -0.39 is 43.4 Å². The van der Waals surface area contributed by atoms with E-state index in [0.717, 1.165) is 6.07 Å². The zero-order valence-corrected chi connectivity index (χ0v) is 18.0. The van der Waals surface area contributed by atoms with Crippen molar-refractivity contribution < 1.29 is 49.6 Å². The molecule has 0 aromatic heterocycles. The number of aliphatic hydroxyl groups excluding tert-OH is 4. The Morgan fingerprint density at radius 2 is 1.67 bits per heavy atom. The fourth-order valence-corrected chi connectivity index (χ4v) is 4.15. The Hall–Kier alpha value is -2.89. The molecule has 2 aliphatic heterocycles. The number of hydrogen-bond donors (Lipinski definition) is 6. The predicted molar refractivity (Wildman–Crippen MR) is 112 cm³/mol. The molecule has 2 aromatic carbocycles. The fourth-order valence-electron chi connectivity index (χ4n) is 4.15. The van der Waals surface area contributed by atoms with Gasteiger partial charge in [-0.25, -0.2) is 0 Å². The molecule has 178 valence electrons. The minimum atomic E-state index is -1.68. The third-order valence-corrected chi connectivity index (χ3v) is 5.95. The molecular formula is C23H26O10. The smallest absolute Gasteiger partial charge is 0.229 e. The molecule has 0 amide bonds. The number of carbonyl (C=O) groups excluding carboxylic acids is 1. The van der Waals surface area contributed by atoms with Crippen molar-refractivity contribution in [3.05, 3.63) is 46.5 Å². The van der Waals surface area contributed by atoms with E-state index in [4.69, 9.17) is 14.2 Å². The molecule has 1 saturated heterocycles. The number of aliphatic hydroxyl groups is 4. The van der Waals surface area contributed by atoms with Gasteiger partial charge >= 0.3 is 0 Å². The Bertz CT molecular complexity index is 1040. The van der Waals surface area contributed by atoms with E-state index in [0.29, 0.717) is 16.7 Å². The summed E-state index contributed by atoms with van der Waals surface area (Å²) in [5, 5.41) is 59.7. The van der Waals surface area contributed by atoms with Crippen LogP contribution in [0.25, 0.3) is 0 Å². The second-order valence-electron chi connectivity index (χ2n) is 8.37. The van der Waals surface area contributed by atoms with Gasteiger partial charge in [-0.2, -0.15) is 0 Å². The van der Waals surface area contributed by atoms with Gasteiger partial charge in [0.2, 0.25) is 6.29 Å². The quantitative estimate of drug-likeness (QED) is 0.379. The second kappa shape index (κ2) is 8.81. The van der Waals surface area contributed by atoms with Crippen molar-refractivity contribution in [2.24, 2.45) is 0 Å². The number of Topliss-reactive ketones (excluding diaryl/α,β-unsaturated/α-hetero) is 1. The van der Waals surface area contributed by atoms with E-state index in [2.05, 4.69) is 0 Å². The van der Waals surface area contributed by atoms with Gasteiger partial charge in [0, 0.05) is 12.1 Å². The molecule has 0 spiro atoms. The summed E-state index contributed by atoms with van der Waals surface area (Å²) in [6, 6.07) is 5.86. The first-order chi connectivity index (χ1) is 15.6. The Morgan fingerprint density at radius 1 is 1.00 bits per heavy atom. The van der Waals surface area contributed by atoms with Crippen molar-refractivity contribution in [2.45, 2.75) is 57.1 Å². The highest BCUT2D eigenvalue weighted by Crippen LogP contribution is 2.43. The molecule has 2 heterocycles. The number of hydrogen-bond acceptors (Lipinski definition) is 10. The summed E-state index contributed by atoms with van der Waals surface area (Å²) in [5.74, 6) is -0.562. The number of ketones is 1. The second-order valence-corrected chi connectivity index (χ2v) is 8.37. The highest BCUT2D eigenvalue weighted by atomic mass is 16.7. The van der Waals surface area contributed by atoms with Crippen LogP contribution in [0, 0.1) is 13.8 Å². The number of rotatable bonds is 4. The molecule has 0 saturated carbocycles. The fraction of sp³-hybridized carbons (Fsp3) is 0.435. The summed E-state index contributed by atoms with van der Waals surface area (Å²) in [6.45, 7) is 2.84. The van der Waals surface area contributed by atoms with Crippen LogP contribution in [0.5, 0.6) is 23.0 Å². The zero-order valence-electron chi connectivity index (χ0n) is 18.0. The minimum absolute atomic E-state index is 0.0215. The topological polar surface area (TPSA) is 166 Å². The molecule has 33 heavy (non-hydrogen) atoms. The van der Waals surface area contributed by atoms with Crippen molar-refractivity contribution in [1.29, 1.82) is 0 Å². The van der Waals surface area contributed by atoms with Gasteiger partial charge in [-0.05, 0) is 42.7 Å². The van der Waals surface area contributed by atoms with Crippen LogP contribution in [0.2, 0.25) is 0 Å². The number of phenols is 2. The van der Waals surface area contributed by atoms with Gasteiger partial charge in [-0.3, -0.25) is 4.79 Å². The Morgan fingerprint density at radius 3 is 2.30 bits per heavy atom. The van der Waals surface area contributed by atoms with Crippen LogP contribution in [0.3, 0.4) is 0 Å². The Labute approximate surface area is 189 Å². The van der Waals surface area contributed by atoms with Crippen LogP contribution in [-0.4, -0.2) is 73.7 Å².